The van der Waals surface area contributed by atoms with Crippen LogP contribution in [0, 0.1) is 18.7 Å². The summed E-state index contributed by atoms with van der Waals surface area (Å²) in [7, 11) is -1.24. The molecule has 9 nitrogen and oxygen atoms in total. The van der Waals surface area contributed by atoms with Crippen LogP contribution in [0.3, 0.4) is 0 Å². The molecule has 3 aromatic rings. The number of amides is 3. The van der Waals surface area contributed by atoms with Gasteiger partial charge in [0.25, 0.3) is 0 Å². The monoisotopic (exact) mass is 773 g/mol. The van der Waals surface area contributed by atoms with Gasteiger partial charge in [-0.05, 0) is 99.2 Å². The Labute approximate surface area is 317 Å². The van der Waals surface area contributed by atoms with E-state index in [0.29, 0.717) is 58.8 Å². The van der Waals surface area contributed by atoms with Gasteiger partial charge in [-0.25, -0.2) is 23.0 Å². The Morgan fingerprint density at radius 2 is 1.73 bits per heavy atom. The molecule has 280 valence electrons. The van der Waals surface area contributed by atoms with Crippen molar-refractivity contribution in [2.75, 3.05) is 17.7 Å². The number of halogens is 3. The number of piperidine rings is 1. The topological polar surface area (TPSA) is 114 Å². The van der Waals surface area contributed by atoms with E-state index in [9.17, 15) is 13.8 Å². The molecule has 5 atom stereocenters. The molecule has 3 aromatic carbocycles. The summed E-state index contributed by atoms with van der Waals surface area (Å²) in [6.07, 6.45) is 1.83. The molecule has 5 rings (SSSR count). The average Bonchev–Trinajstić information content (AvgIpc) is 3.33. The molecule has 0 saturated carbocycles. The van der Waals surface area contributed by atoms with Crippen molar-refractivity contribution in [2.45, 2.75) is 96.3 Å². The van der Waals surface area contributed by atoms with Gasteiger partial charge in [-0.15, -0.1) is 0 Å². The summed E-state index contributed by atoms with van der Waals surface area (Å²) in [5, 5.41) is 3.64. The van der Waals surface area contributed by atoms with Gasteiger partial charge in [-0.2, -0.15) is 0 Å². The van der Waals surface area contributed by atoms with Crippen molar-refractivity contribution >= 4 is 57.8 Å². The SMILES string of the molecule is CCC(CNS(C)=O)C(CC)(CC)Oc1ccc(Cl)cc1C1CC(=O)NC(c2cc(F)ccc2C)C12C(=O)N(C(=O)OC(C)C)c1cc(Cl)ccc12. The van der Waals surface area contributed by atoms with E-state index in [1.807, 2.05) is 20.8 Å². The third-order valence-electron chi connectivity index (χ3n) is 10.6. The molecule has 2 heterocycles. The zero-order chi connectivity index (χ0) is 38.1. The number of carbonyl (C=O) groups excluding carboxylic acids is 3. The summed E-state index contributed by atoms with van der Waals surface area (Å²) in [6.45, 7) is 11.7. The second kappa shape index (κ2) is 15.8. The fraction of sp³-hybridized carbons (Fsp3) is 0.462. The molecule has 0 aliphatic carbocycles. The van der Waals surface area contributed by atoms with E-state index in [1.165, 1.54) is 18.2 Å². The lowest BCUT2D eigenvalue weighted by atomic mass is 9.58. The Balaban J connectivity index is 1.83. The third-order valence-corrected chi connectivity index (χ3v) is 11.6. The van der Waals surface area contributed by atoms with E-state index >= 15 is 9.18 Å². The van der Waals surface area contributed by atoms with Crippen LogP contribution in [-0.4, -0.2) is 46.6 Å². The summed E-state index contributed by atoms with van der Waals surface area (Å²) < 4.78 is 43.0. The van der Waals surface area contributed by atoms with Crippen LogP contribution in [0.25, 0.3) is 0 Å². The van der Waals surface area contributed by atoms with E-state index in [1.54, 1.807) is 63.4 Å². The van der Waals surface area contributed by atoms with Gasteiger partial charge >= 0.3 is 6.09 Å². The number of rotatable bonds is 12. The first-order valence-electron chi connectivity index (χ1n) is 17.6. The first-order chi connectivity index (χ1) is 24.6. The smallest absolute Gasteiger partial charge is 0.421 e. The maximum absolute atomic E-state index is 15.5. The standard InChI is InChI=1S/C39H46Cl2FN3O6S/c1-8-24(21-43-52(7)49)38(9-2,10-3)51-33-16-13-25(40)17-29(33)31-20-34(46)44-35(28-19-27(42)14-11-23(28)6)39(31)30-15-12-26(41)18-32(30)45(36(39)47)37(48)50-22(4)5/h11-19,22,24,31,35,43H,8-10,20-21H2,1-7H3,(H,44,46). The Morgan fingerprint density at radius 3 is 2.37 bits per heavy atom. The van der Waals surface area contributed by atoms with Crippen LogP contribution in [0.5, 0.6) is 5.75 Å². The number of ether oxygens (including phenoxy) is 2. The first-order valence-corrected chi connectivity index (χ1v) is 19.9. The van der Waals surface area contributed by atoms with Gasteiger partial charge in [-0.1, -0.05) is 56.1 Å². The van der Waals surface area contributed by atoms with Gasteiger partial charge in [0.15, 0.2) is 0 Å². The number of benzene rings is 3. The number of aryl methyl sites for hydroxylation is 1. The van der Waals surface area contributed by atoms with Crippen LogP contribution >= 0.6 is 23.2 Å². The minimum absolute atomic E-state index is 0.0708. The number of hydrogen-bond donors (Lipinski definition) is 2. The lowest BCUT2D eigenvalue weighted by Gasteiger charge is -2.48. The summed E-state index contributed by atoms with van der Waals surface area (Å²) in [5.74, 6) is -2.25. The molecule has 1 saturated heterocycles. The number of fused-ring (bicyclic) bond motifs is 2. The minimum Gasteiger partial charge on any atom is -0.487 e. The fourth-order valence-electron chi connectivity index (χ4n) is 8.06. The van der Waals surface area contributed by atoms with E-state index < -0.39 is 57.9 Å². The number of hydrogen-bond acceptors (Lipinski definition) is 6. The van der Waals surface area contributed by atoms with Crippen molar-refractivity contribution in [1.82, 2.24) is 10.0 Å². The highest BCUT2D eigenvalue weighted by molar-refractivity contribution is 7.82. The van der Waals surface area contributed by atoms with Crippen LogP contribution in [0.4, 0.5) is 14.9 Å². The molecule has 2 aliphatic rings. The highest BCUT2D eigenvalue weighted by atomic mass is 35.5. The van der Waals surface area contributed by atoms with Crippen molar-refractivity contribution < 1.29 is 32.5 Å². The van der Waals surface area contributed by atoms with Crippen molar-refractivity contribution in [3.05, 3.63) is 92.7 Å². The van der Waals surface area contributed by atoms with Crippen LogP contribution in [0.1, 0.15) is 94.5 Å². The molecule has 2 aliphatic heterocycles. The molecular weight excluding hydrogens is 728 g/mol. The Bertz CT molecular complexity index is 1890. The molecule has 0 bridgehead atoms. The normalized spacial score (nSPS) is 21.2. The lowest BCUT2D eigenvalue weighted by Crippen LogP contribution is -2.59. The first kappa shape index (κ1) is 39.7. The number of carbonyl (C=O) groups is 3. The molecular formula is C39H46Cl2FN3O6S. The van der Waals surface area contributed by atoms with E-state index in [2.05, 4.69) is 10.0 Å². The predicted molar refractivity (Wildman–Crippen MR) is 203 cm³/mol. The van der Waals surface area contributed by atoms with Crippen molar-refractivity contribution in [2.24, 2.45) is 5.92 Å². The van der Waals surface area contributed by atoms with E-state index in [0.717, 1.165) is 4.90 Å². The number of anilines is 1. The molecule has 1 fully saturated rings. The molecule has 0 aromatic heterocycles. The quantitative estimate of drug-likeness (QED) is 0.191. The summed E-state index contributed by atoms with van der Waals surface area (Å²) in [4.78, 5) is 44.2. The second-order valence-corrected chi connectivity index (χ2v) is 15.9. The minimum atomic E-state index is -1.73. The van der Waals surface area contributed by atoms with Gasteiger partial charge < -0.3 is 14.8 Å². The highest BCUT2D eigenvalue weighted by Gasteiger charge is 2.65. The average molecular weight is 775 g/mol. The van der Waals surface area contributed by atoms with Crippen molar-refractivity contribution in [3.8, 4) is 5.75 Å². The molecule has 1 spiro atoms. The van der Waals surface area contributed by atoms with Crippen molar-refractivity contribution in [1.29, 1.82) is 0 Å². The zero-order valence-corrected chi connectivity index (χ0v) is 32.8. The van der Waals surface area contributed by atoms with Crippen LogP contribution in [-0.2, 0) is 30.7 Å². The molecule has 0 radical (unpaired) electrons. The van der Waals surface area contributed by atoms with Gasteiger partial charge in [-0.3, -0.25) is 9.59 Å². The Morgan fingerprint density at radius 1 is 1.06 bits per heavy atom. The maximum atomic E-state index is 15.5. The van der Waals surface area contributed by atoms with Gasteiger partial charge in [0, 0.05) is 46.7 Å². The number of imide groups is 1. The molecule has 2 N–H and O–H groups in total. The highest BCUT2D eigenvalue weighted by Crippen LogP contribution is 2.61. The third kappa shape index (κ3) is 7.21. The maximum Gasteiger partial charge on any atom is 0.421 e. The van der Waals surface area contributed by atoms with E-state index in [-0.39, 0.29) is 29.0 Å². The lowest BCUT2D eigenvalue weighted by molar-refractivity contribution is -0.132. The summed E-state index contributed by atoms with van der Waals surface area (Å²) in [5.41, 5.74) is -0.385. The zero-order valence-electron chi connectivity index (χ0n) is 30.5. The Kier molecular flexibility index (Phi) is 12.1. The van der Waals surface area contributed by atoms with Crippen LogP contribution in [0.15, 0.2) is 54.6 Å². The molecule has 3 amide bonds. The second-order valence-electron chi connectivity index (χ2n) is 13.8. The predicted octanol–water partition coefficient (Wildman–Crippen LogP) is 8.46. The molecule has 5 unspecified atom stereocenters. The molecule has 52 heavy (non-hydrogen) atoms. The number of nitrogens with zero attached hydrogens (tertiary/aromatic N) is 1. The van der Waals surface area contributed by atoms with Gasteiger partial charge in [0.2, 0.25) is 11.8 Å². The summed E-state index contributed by atoms with van der Waals surface area (Å²) in [6, 6.07) is 13.0. The van der Waals surface area contributed by atoms with Gasteiger partial charge in [0.05, 0.1) is 28.8 Å². The Hall–Kier alpha value is -3.51. The van der Waals surface area contributed by atoms with E-state index in [4.69, 9.17) is 32.7 Å². The van der Waals surface area contributed by atoms with Crippen LogP contribution < -0.4 is 19.7 Å². The van der Waals surface area contributed by atoms with Gasteiger partial charge in [0.1, 0.15) is 22.6 Å². The van der Waals surface area contributed by atoms with Crippen LogP contribution in [0.2, 0.25) is 10.0 Å². The largest absolute Gasteiger partial charge is 0.487 e. The molecule has 13 heteroatoms. The summed E-state index contributed by atoms with van der Waals surface area (Å²) >= 11 is 13.3. The number of nitrogens with one attached hydrogen (secondary N) is 2. The van der Waals surface area contributed by atoms with Crippen molar-refractivity contribution in [3.63, 3.8) is 0 Å². The fourth-order valence-corrected chi connectivity index (χ4v) is 8.84.